The van der Waals surface area contributed by atoms with Gasteiger partial charge in [-0.15, -0.1) is 0 Å². The van der Waals surface area contributed by atoms with Crippen molar-refractivity contribution >= 4 is 10.1 Å². The summed E-state index contributed by atoms with van der Waals surface area (Å²) in [7, 11) is -3.74. The highest BCUT2D eigenvalue weighted by Gasteiger charge is 2.48. The maximum atomic E-state index is 12.3. The predicted molar refractivity (Wildman–Crippen MR) is 124 cm³/mol. The highest BCUT2D eigenvalue weighted by Crippen LogP contribution is 2.57. The highest BCUT2D eigenvalue weighted by atomic mass is 32.2. The van der Waals surface area contributed by atoms with Crippen LogP contribution in [-0.2, 0) is 20.7 Å². The summed E-state index contributed by atoms with van der Waals surface area (Å²) < 4.78 is 29.8. The second-order valence-electron chi connectivity index (χ2n) is 10.1. The first kappa shape index (κ1) is 23.3. The number of hydrogen-bond acceptors (Lipinski definition) is 5. The third-order valence-corrected chi connectivity index (χ3v) is 8.97. The summed E-state index contributed by atoms with van der Waals surface area (Å²) in [5.41, 5.74) is 2.90. The van der Waals surface area contributed by atoms with Crippen LogP contribution < -0.4 is 0 Å². The van der Waals surface area contributed by atoms with Gasteiger partial charge in [-0.3, -0.25) is 4.18 Å². The molecular weight excluding hydrogens is 424 g/mol. The molecule has 0 aliphatic heterocycles. The van der Waals surface area contributed by atoms with Crippen molar-refractivity contribution in [1.82, 2.24) is 0 Å². The number of aryl methyl sites for hydroxylation is 2. The van der Waals surface area contributed by atoms with E-state index >= 15 is 0 Å². The topological polar surface area (TPSA) is 83.8 Å². The summed E-state index contributed by atoms with van der Waals surface area (Å²) in [5, 5.41) is 21.2. The van der Waals surface area contributed by atoms with Gasteiger partial charge >= 0.3 is 0 Å². The van der Waals surface area contributed by atoms with Crippen molar-refractivity contribution in [2.75, 3.05) is 6.61 Å². The van der Waals surface area contributed by atoms with Crippen molar-refractivity contribution in [3.8, 4) is 5.75 Å². The fraction of sp³-hybridized carbons (Fsp3) is 0.538. The van der Waals surface area contributed by atoms with Gasteiger partial charge in [-0.05, 0) is 105 Å². The molecular formula is C26H34O5S. The smallest absolute Gasteiger partial charge is 0.296 e. The molecule has 0 saturated heterocycles. The summed E-state index contributed by atoms with van der Waals surface area (Å²) in [6.45, 7) is 4.36. The minimum Gasteiger partial charge on any atom is -0.508 e. The van der Waals surface area contributed by atoms with Gasteiger partial charge in [-0.1, -0.05) is 30.7 Å². The number of hydrogen-bond donors (Lipinski definition) is 2. The number of aliphatic hydroxyl groups is 1. The molecule has 5 nitrogen and oxygen atoms in total. The first-order valence-corrected chi connectivity index (χ1v) is 13.0. The molecule has 2 aliphatic carbocycles. The van der Waals surface area contributed by atoms with Crippen LogP contribution >= 0.6 is 0 Å². The Morgan fingerprint density at radius 1 is 1.06 bits per heavy atom. The monoisotopic (exact) mass is 458 g/mol. The standard InChI is InChI=1S/C26H34O5S/c1-19-5-8-22(9-6-19)32(29,30)31-16-4-3-12-26(28)15-14-25(2)13-11-20-17-21(27)7-10-23(20)24(25)18-26/h5-10,17,24,27-28H,3-4,11-16,18H2,1-2H3/t24-,25+,26+/m1/s1. The zero-order valence-electron chi connectivity index (χ0n) is 19.0. The number of benzene rings is 2. The van der Waals surface area contributed by atoms with E-state index in [1.165, 1.54) is 11.1 Å². The van der Waals surface area contributed by atoms with Gasteiger partial charge in [0.1, 0.15) is 5.75 Å². The molecule has 0 amide bonds. The van der Waals surface area contributed by atoms with Gasteiger partial charge in [-0.2, -0.15) is 8.42 Å². The molecule has 2 aliphatic rings. The number of aromatic hydroxyl groups is 1. The van der Waals surface area contributed by atoms with Crippen molar-refractivity contribution in [1.29, 1.82) is 0 Å². The third-order valence-electron chi connectivity index (χ3n) is 7.64. The van der Waals surface area contributed by atoms with Crippen LogP contribution in [0.1, 0.15) is 74.5 Å². The number of fused-ring (bicyclic) bond motifs is 3. The summed E-state index contributed by atoms with van der Waals surface area (Å²) in [5.74, 6) is 0.586. The molecule has 1 saturated carbocycles. The van der Waals surface area contributed by atoms with E-state index in [0.29, 0.717) is 31.4 Å². The van der Waals surface area contributed by atoms with Gasteiger partial charge < -0.3 is 10.2 Å². The van der Waals surface area contributed by atoms with Gasteiger partial charge in [0.15, 0.2) is 0 Å². The summed E-state index contributed by atoms with van der Waals surface area (Å²) in [4.78, 5) is 0.176. The van der Waals surface area contributed by atoms with E-state index in [2.05, 4.69) is 6.92 Å². The van der Waals surface area contributed by atoms with E-state index in [4.69, 9.17) is 4.18 Å². The van der Waals surface area contributed by atoms with Gasteiger partial charge in [0, 0.05) is 0 Å². The molecule has 0 bridgehead atoms. The van der Waals surface area contributed by atoms with Crippen LogP contribution in [0.2, 0.25) is 0 Å². The zero-order valence-corrected chi connectivity index (χ0v) is 19.8. The number of phenols is 1. The van der Waals surface area contributed by atoms with E-state index in [9.17, 15) is 18.6 Å². The normalized spacial score (nSPS) is 27.5. The Bertz CT molecular complexity index is 1060. The van der Waals surface area contributed by atoms with Crippen LogP contribution in [0, 0.1) is 12.3 Å². The van der Waals surface area contributed by atoms with Crippen LogP contribution in [-0.4, -0.2) is 30.8 Å². The zero-order chi connectivity index (χ0) is 23.0. The molecule has 1 fully saturated rings. The van der Waals surface area contributed by atoms with Crippen LogP contribution in [0.5, 0.6) is 5.75 Å². The van der Waals surface area contributed by atoms with Crippen LogP contribution in [0.15, 0.2) is 47.4 Å². The molecule has 0 radical (unpaired) electrons. The molecule has 0 heterocycles. The minimum atomic E-state index is -3.74. The van der Waals surface area contributed by atoms with E-state index in [1.54, 1.807) is 30.3 Å². The maximum Gasteiger partial charge on any atom is 0.296 e. The molecule has 2 N–H and O–H groups in total. The quantitative estimate of drug-likeness (QED) is 0.439. The molecule has 32 heavy (non-hydrogen) atoms. The Kier molecular flexibility index (Phi) is 6.40. The molecule has 0 unspecified atom stereocenters. The van der Waals surface area contributed by atoms with E-state index in [0.717, 1.165) is 31.2 Å². The Morgan fingerprint density at radius 2 is 1.81 bits per heavy atom. The molecule has 0 spiro atoms. The Hall–Kier alpha value is -1.89. The summed E-state index contributed by atoms with van der Waals surface area (Å²) in [6, 6.07) is 12.3. The second kappa shape index (κ2) is 8.81. The van der Waals surface area contributed by atoms with Crippen molar-refractivity contribution in [3.63, 3.8) is 0 Å². The van der Waals surface area contributed by atoms with Crippen molar-refractivity contribution in [2.24, 2.45) is 5.41 Å². The summed E-state index contributed by atoms with van der Waals surface area (Å²) >= 11 is 0. The lowest BCUT2D eigenvalue weighted by Crippen LogP contribution is -2.45. The van der Waals surface area contributed by atoms with E-state index < -0.39 is 15.7 Å². The fourth-order valence-corrected chi connectivity index (χ4v) is 6.44. The molecule has 174 valence electrons. The van der Waals surface area contributed by atoms with Gasteiger partial charge in [0.2, 0.25) is 0 Å². The SMILES string of the molecule is Cc1ccc(S(=O)(=O)OCCCC[C@]2(O)CC[C@]3(C)CCc4cc(O)ccc4[C@H]3C2)cc1. The van der Waals surface area contributed by atoms with Crippen molar-refractivity contribution in [2.45, 2.75) is 81.6 Å². The fourth-order valence-electron chi connectivity index (χ4n) is 5.50. The lowest BCUT2D eigenvalue weighted by atomic mass is 9.55. The number of rotatable bonds is 7. The first-order valence-electron chi connectivity index (χ1n) is 11.6. The van der Waals surface area contributed by atoms with Gasteiger partial charge in [-0.25, -0.2) is 0 Å². The van der Waals surface area contributed by atoms with Crippen LogP contribution in [0.3, 0.4) is 0 Å². The third kappa shape index (κ3) is 4.87. The second-order valence-corrected chi connectivity index (χ2v) is 11.7. The first-order chi connectivity index (χ1) is 15.1. The average Bonchev–Trinajstić information content (AvgIpc) is 2.74. The Labute approximate surface area is 191 Å². The molecule has 2 aromatic rings. The van der Waals surface area contributed by atoms with Crippen LogP contribution in [0.25, 0.3) is 0 Å². The van der Waals surface area contributed by atoms with E-state index in [1.807, 2.05) is 19.1 Å². The summed E-state index contributed by atoms with van der Waals surface area (Å²) in [6.07, 6.45) is 6.45. The average molecular weight is 459 g/mol. The lowest BCUT2D eigenvalue weighted by Gasteiger charge is -2.51. The largest absolute Gasteiger partial charge is 0.508 e. The Balaban J connectivity index is 1.32. The maximum absolute atomic E-state index is 12.3. The Morgan fingerprint density at radius 3 is 2.56 bits per heavy atom. The number of unbranched alkanes of at least 4 members (excludes halogenated alkanes) is 1. The van der Waals surface area contributed by atoms with Gasteiger partial charge in [0.05, 0.1) is 17.1 Å². The molecule has 0 aromatic heterocycles. The molecule has 2 aromatic carbocycles. The highest BCUT2D eigenvalue weighted by molar-refractivity contribution is 7.86. The predicted octanol–water partition coefficient (Wildman–Crippen LogP) is 5.23. The molecule has 3 atom stereocenters. The van der Waals surface area contributed by atoms with Crippen molar-refractivity contribution < 1.29 is 22.8 Å². The molecule has 4 rings (SSSR count). The van der Waals surface area contributed by atoms with Crippen molar-refractivity contribution in [3.05, 3.63) is 59.2 Å². The van der Waals surface area contributed by atoms with Gasteiger partial charge in [0.25, 0.3) is 10.1 Å². The lowest BCUT2D eigenvalue weighted by molar-refractivity contribution is -0.0550. The number of phenolic OH excluding ortho intramolecular Hbond substituents is 1. The van der Waals surface area contributed by atoms with Crippen LogP contribution in [0.4, 0.5) is 0 Å². The van der Waals surface area contributed by atoms with E-state index in [-0.39, 0.29) is 22.8 Å². The minimum absolute atomic E-state index is 0.121. The molecule has 6 heteroatoms.